The molecule has 0 aliphatic carbocycles. The van der Waals surface area contributed by atoms with E-state index in [1.165, 1.54) is 4.90 Å². The summed E-state index contributed by atoms with van der Waals surface area (Å²) in [6.45, 7) is 4.33. The number of fused-ring (bicyclic) bond motifs is 2. The predicted octanol–water partition coefficient (Wildman–Crippen LogP) is 3.32. The molecule has 6 heterocycles. The van der Waals surface area contributed by atoms with Crippen LogP contribution in [0.1, 0.15) is 35.8 Å². The molecule has 1 amide bonds. The van der Waals surface area contributed by atoms with E-state index in [2.05, 4.69) is 33.4 Å². The van der Waals surface area contributed by atoms with Gasteiger partial charge in [-0.15, -0.1) is 0 Å². The quantitative estimate of drug-likeness (QED) is 0.502. The Balaban J connectivity index is 1.49. The second kappa shape index (κ2) is 7.98. The number of hydrogen-bond donors (Lipinski definition) is 1. The Labute approximate surface area is 196 Å². The van der Waals surface area contributed by atoms with Crippen molar-refractivity contribution in [2.75, 3.05) is 19.8 Å². The van der Waals surface area contributed by atoms with Crippen LogP contribution < -0.4 is 0 Å². The molecule has 0 unspecified atom stereocenters. The van der Waals surface area contributed by atoms with E-state index in [9.17, 15) is 9.90 Å². The average Bonchev–Trinajstić information content (AvgIpc) is 3.53. The lowest BCUT2D eigenvalue weighted by atomic mass is 10.0. The monoisotopic (exact) mass is 461 g/mol. The molecule has 4 aromatic rings. The number of rotatable bonds is 3. The highest BCUT2D eigenvalue weighted by molar-refractivity contribution is 5.86. The Hall–Kier alpha value is -3.66. The van der Waals surface area contributed by atoms with Gasteiger partial charge in [0, 0.05) is 67.3 Å². The molecule has 0 atom stereocenters. The maximum Gasteiger partial charge on any atom is 0.407 e. The molecule has 34 heavy (non-hydrogen) atoms. The second-order valence-corrected chi connectivity index (χ2v) is 9.14. The zero-order valence-electron chi connectivity index (χ0n) is 19.3. The molecule has 4 aromatic heterocycles. The van der Waals surface area contributed by atoms with Crippen LogP contribution in [-0.4, -0.2) is 65.0 Å². The zero-order chi connectivity index (χ0) is 23.4. The first kappa shape index (κ1) is 20.9. The van der Waals surface area contributed by atoms with Crippen LogP contribution in [0.25, 0.3) is 28.0 Å². The van der Waals surface area contributed by atoms with Crippen molar-refractivity contribution < 1.29 is 14.6 Å². The lowest BCUT2D eigenvalue weighted by molar-refractivity contribution is 0.0650. The van der Waals surface area contributed by atoms with Crippen molar-refractivity contribution >= 4 is 17.0 Å². The lowest BCUT2D eigenvalue weighted by Gasteiger charge is -2.28. The summed E-state index contributed by atoms with van der Waals surface area (Å²) in [5.74, 6) is 0.802. The molecule has 176 valence electrons. The molecule has 1 saturated heterocycles. The maximum atomic E-state index is 11.8. The van der Waals surface area contributed by atoms with Gasteiger partial charge in [-0.05, 0) is 31.9 Å². The van der Waals surface area contributed by atoms with E-state index < -0.39 is 6.09 Å². The fourth-order valence-electron chi connectivity index (χ4n) is 5.24. The van der Waals surface area contributed by atoms with Crippen LogP contribution in [-0.2, 0) is 24.8 Å². The minimum absolute atomic E-state index is 0.269. The summed E-state index contributed by atoms with van der Waals surface area (Å²) in [5.41, 5.74) is 5.94. The normalized spacial score (nSPS) is 16.8. The molecule has 1 fully saturated rings. The third-order valence-electron chi connectivity index (χ3n) is 6.96. The van der Waals surface area contributed by atoms with Crippen molar-refractivity contribution in [2.24, 2.45) is 7.05 Å². The molecular formula is C24H27N7O3. The summed E-state index contributed by atoms with van der Waals surface area (Å²) in [6, 6.07) is 4.47. The first-order valence-electron chi connectivity index (χ1n) is 11.6. The first-order valence-corrected chi connectivity index (χ1v) is 11.6. The summed E-state index contributed by atoms with van der Waals surface area (Å²) >= 11 is 0. The smallest absolute Gasteiger partial charge is 0.407 e. The summed E-state index contributed by atoms with van der Waals surface area (Å²) in [6.07, 6.45) is 7.23. The SMILES string of the molecule is Cc1cc2cc(-c3cnn(C)c3)ncc2n1-c1nn(C2CCOCC2)c2c1CN(C(=O)O)CC2. The largest absolute Gasteiger partial charge is 0.465 e. The van der Waals surface area contributed by atoms with Crippen LogP contribution in [0.2, 0.25) is 0 Å². The highest BCUT2D eigenvalue weighted by atomic mass is 16.5. The maximum absolute atomic E-state index is 11.8. The summed E-state index contributed by atoms with van der Waals surface area (Å²) in [7, 11) is 1.89. The van der Waals surface area contributed by atoms with Crippen LogP contribution in [0.15, 0.2) is 30.7 Å². The van der Waals surface area contributed by atoms with Crippen molar-refractivity contribution in [1.82, 2.24) is 34.0 Å². The van der Waals surface area contributed by atoms with Crippen molar-refractivity contribution in [2.45, 2.75) is 38.8 Å². The van der Waals surface area contributed by atoms with Gasteiger partial charge < -0.3 is 14.7 Å². The highest BCUT2D eigenvalue weighted by Crippen LogP contribution is 2.34. The van der Waals surface area contributed by atoms with Gasteiger partial charge in [0.2, 0.25) is 0 Å². The third-order valence-corrected chi connectivity index (χ3v) is 6.96. The van der Waals surface area contributed by atoms with Gasteiger partial charge in [0.15, 0.2) is 5.82 Å². The molecule has 2 aliphatic heterocycles. The standard InChI is InChI=1S/C24H27N7O3/c1-15-9-16-10-20(17-11-26-28(2)13-17)25-12-22(16)30(15)23-19-14-29(24(32)33)6-3-21(19)31(27-23)18-4-7-34-8-5-18/h9-13,18H,3-8,14H2,1-2H3,(H,32,33). The van der Waals surface area contributed by atoms with E-state index in [-0.39, 0.29) is 6.04 Å². The van der Waals surface area contributed by atoms with Crippen LogP contribution in [0.4, 0.5) is 4.79 Å². The molecule has 2 aliphatic rings. The van der Waals surface area contributed by atoms with E-state index in [1.807, 2.05) is 25.6 Å². The number of aryl methyl sites for hydroxylation is 2. The molecular weight excluding hydrogens is 434 g/mol. The molecule has 0 radical (unpaired) electrons. The van der Waals surface area contributed by atoms with Crippen LogP contribution in [0.3, 0.4) is 0 Å². The van der Waals surface area contributed by atoms with Crippen LogP contribution >= 0.6 is 0 Å². The van der Waals surface area contributed by atoms with Gasteiger partial charge in [0.05, 0.1) is 36.2 Å². The summed E-state index contributed by atoms with van der Waals surface area (Å²) < 4.78 is 11.6. The van der Waals surface area contributed by atoms with E-state index in [0.717, 1.165) is 71.0 Å². The molecule has 1 N–H and O–H groups in total. The number of carboxylic acid groups (broad SMARTS) is 1. The molecule has 0 aromatic carbocycles. The summed E-state index contributed by atoms with van der Waals surface area (Å²) in [5, 5.41) is 20.1. The topological polar surface area (TPSA) is 103 Å². The van der Waals surface area contributed by atoms with Crippen LogP contribution in [0, 0.1) is 6.92 Å². The van der Waals surface area contributed by atoms with Crippen molar-refractivity contribution in [3.8, 4) is 17.1 Å². The predicted molar refractivity (Wildman–Crippen MR) is 125 cm³/mol. The fourth-order valence-corrected chi connectivity index (χ4v) is 5.24. The van der Waals surface area contributed by atoms with Crippen molar-refractivity contribution in [1.29, 1.82) is 0 Å². The molecule has 10 nitrogen and oxygen atoms in total. The molecule has 10 heteroatoms. The number of carbonyl (C=O) groups is 1. The Morgan fingerprint density at radius 3 is 2.76 bits per heavy atom. The van der Waals surface area contributed by atoms with E-state index in [0.29, 0.717) is 19.5 Å². The van der Waals surface area contributed by atoms with E-state index >= 15 is 0 Å². The minimum Gasteiger partial charge on any atom is -0.465 e. The number of aromatic nitrogens is 6. The van der Waals surface area contributed by atoms with Gasteiger partial charge in [-0.25, -0.2) is 4.79 Å². The van der Waals surface area contributed by atoms with Crippen LogP contribution in [0.5, 0.6) is 0 Å². The first-order chi connectivity index (χ1) is 16.5. The number of pyridine rings is 1. The van der Waals surface area contributed by atoms with E-state index in [4.69, 9.17) is 14.8 Å². The Morgan fingerprint density at radius 1 is 1.21 bits per heavy atom. The third kappa shape index (κ3) is 3.37. The van der Waals surface area contributed by atoms with Gasteiger partial charge in [-0.3, -0.25) is 18.9 Å². The molecule has 0 spiro atoms. The Bertz CT molecular complexity index is 1390. The van der Waals surface area contributed by atoms with Gasteiger partial charge in [-0.2, -0.15) is 10.2 Å². The molecule has 0 bridgehead atoms. The lowest BCUT2D eigenvalue weighted by Crippen LogP contribution is -2.36. The molecule has 6 rings (SSSR count). The number of hydrogen-bond acceptors (Lipinski definition) is 5. The summed E-state index contributed by atoms with van der Waals surface area (Å²) in [4.78, 5) is 18.0. The zero-order valence-corrected chi connectivity index (χ0v) is 19.3. The van der Waals surface area contributed by atoms with Crippen molar-refractivity contribution in [3.05, 3.63) is 47.7 Å². The highest BCUT2D eigenvalue weighted by Gasteiger charge is 2.32. The van der Waals surface area contributed by atoms with Gasteiger partial charge in [0.1, 0.15) is 0 Å². The minimum atomic E-state index is -0.896. The number of amides is 1. The Morgan fingerprint density at radius 2 is 2.03 bits per heavy atom. The van der Waals surface area contributed by atoms with Gasteiger partial charge in [0.25, 0.3) is 0 Å². The number of ether oxygens (including phenoxy) is 1. The van der Waals surface area contributed by atoms with Crippen molar-refractivity contribution in [3.63, 3.8) is 0 Å². The molecule has 0 saturated carbocycles. The van der Waals surface area contributed by atoms with Gasteiger partial charge >= 0.3 is 6.09 Å². The fraction of sp³-hybridized carbons (Fsp3) is 0.417. The second-order valence-electron chi connectivity index (χ2n) is 9.14. The van der Waals surface area contributed by atoms with E-state index in [1.54, 1.807) is 4.68 Å². The Kier molecular flexibility index (Phi) is 4.91. The van der Waals surface area contributed by atoms with Gasteiger partial charge in [-0.1, -0.05) is 0 Å². The number of nitrogens with zero attached hydrogens (tertiary/aromatic N) is 7. The average molecular weight is 462 g/mol.